The number of piperidine rings is 1. The molecule has 0 aromatic heterocycles. The van der Waals surface area contributed by atoms with Crippen LogP contribution in [0.1, 0.15) is 37.7 Å². The molecule has 1 unspecified atom stereocenters. The molecule has 3 rings (SSSR count). The molecular formula is C18H26N2O4S. The van der Waals surface area contributed by atoms with E-state index in [4.69, 9.17) is 4.74 Å². The summed E-state index contributed by atoms with van der Waals surface area (Å²) in [4.78, 5) is 12.1. The van der Waals surface area contributed by atoms with E-state index in [-0.39, 0.29) is 10.9 Å². The van der Waals surface area contributed by atoms with Gasteiger partial charge in [-0.1, -0.05) is 12.1 Å². The van der Waals surface area contributed by atoms with Crippen LogP contribution in [0.2, 0.25) is 0 Å². The molecule has 138 valence electrons. The molecule has 0 amide bonds. The Kier molecular flexibility index (Phi) is 5.46. The van der Waals surface area contributed by atoms with Crippen LogP contribution in [0.3, 0.4) is 0 Å². The molecule has 1 atom stereocenters. The number of hydrogen-bond acceptors (Lipinski definition) is 5. The Balaban J connectivity index is 1.60. The number of nitrogens with one attached hydrogen (secondary N) is 2. The molecule has 2 fully saturated rings. The van der Waals surface area contributed by atoms with Gasteiger partial charge in [0.25, 0.3) is 0 Å². The number of methoxy groups -OCH3 is 1. The smallest absolute Gasteiger partial charge is 0.316 e. The van der Waals surface area contributed by atoms with Crippen LogP contribution in [0.15, 0.2) is 29.2 Å². The molecular weight excluding hydrogens is 340 g/mol. The second-order valence-electron chi connectivity index (χ2n) is 7.00. The van der Waals surface area contributed by atoms with Crippen molar-refractivity contribution in [1.29, 1.82) is 0 Å². The first-order chi connectivity index (χ1) is 12.0. The van der Waals surface area contributed by atoms with Crippen molar-refractivity contribution in [3.8, 4) is 0 Å². The van der Waals surface area contributed by atoms with Crippen molar-refractivity contribution >= 4 is 16.0 Å². The van der Waals surface area contributed by atoms with Crippen LogP contribution in [0.25, 0.3) is 0 Å². The number of carbonyl (C=O) groups excluding carboxylic acids is 1. The lowest BCUT2D eigenvalue weighted by molar-refractivity contribution is -0.143. The van der Waals surface area contributed by atoms with Crippen molar-refractivity contribution in [2.24, 2.45) is 5.92 Å². The Morgan fingerprint density at radius 3 is 2.60 bits per heavy atom. The number of rotatable bonds is 7. The second-order valence-corrected chi connectivity index (χ2v) is 8.76. The molecule has 1 aliphatic carbocycles. The highest BCUT2D eigenvalue weighted by Gasteiger charge is 2.52. The Bertz CT molecular complexity index is 705. The Hall–Kier alpha value is -1.44. The lowest BCUT2D eigenvalue weighted by Crippen LogP contribution is -2.33. The van der Waals surface area contributed by atoms with Crippen molar-refractivity contribution in [1.82, 2.24) is 10.0 Å². The zero-order valence-corrected chi connectivity index (χ0v) is 15.4. The zero-order valence-electron chi connectivity index (χ0n) is 14.6. The fraction of sp³-hybridized carbons (Fsp3) is 0.611. The largest absolute Gasteiger partial charge is 0.468 e. The maximum atomic E-state index is 12.4. The molecule has 1 aliphatic heterocycles. The van der Waals surface area contributed by atoms with Crippen molar-refractivity contribution < 1.29 is 17.9 Å². The van der Waals surface area contributed by atoms with Gasteiger partial charge in [-0.25, -0.2) is 13.1 Å². The molecule has 2 N–H and O–H groups in total. The second kappa shape index (κ2) is 7.43. The molecule has 1 heterocycles. The van der Waals surface area contributed by atoms with Crippen LogP contribution in [-0.4, -0.2) is 41.1 Å². The van der Waals surface area contributed by atoms with E-state index in [1.54, 1.807) is 24.3 Å². The predicted molar refractivity (Wildman–Crippen MR) is 94.8 cm³/mol. The molecule has 0 spiro atoms. The van der Waals surface area contributed by atoms with E-state index < -0.39 is 15.4 Å². The van der Waals surface area contributed by atoms with E-state index in [9.17, 15) is 13.2 Å². The molecule has 0 radical (unpaired) electrons. The fourth-order valence-corrected chi connectivity index (χ4v) is 4.58. The summed E-state index contributed by atoms with van der Waals surface area (Å²) in [6.07, 6.45) is 4.65. The summed E-state index contributed by atoms with van der Waals surface area (Å²) in [7, 11) is -2.13. The van der Waals surface area contributed by atoms with Gasteiger partial charge in [-0.2, -0.15) is 0 Å². The third kappa shape index (κ3) is 4.04. The monoisotopic (exact) mass is 366 g/mol. The number of carbonyl (C=O) groups is 1. The highest BCUT2D eigenvalue weighted by atomic mass is 32.2. The van der Waals surface area contributed by atoms with Crippen molar-refractivity contribution in [2.75, 3.05) is 26.7 Å². The van der Waals surface area contributed by atoms with Gasteiger partial charge in [0.2, 0.25) is 10.0 Å². The third-order valence-electron chi connectivity index (χ3n) is 5.29. The number of benzene rings is 1. The summed E-state index contributed by atoms with van der Waals surface area (Å²) in [6.45, 7) is 2.47. The highest BCUT2D eigenvalue weighted by Crippen LogP contribution is 2.49. The minimum absolute atomic E-state index is 0.235. The van der Waals surface area contributed by atoms with E-state index in [2.05, 4.69) is 10.0 Å². The van der Waals surface area contributed by atoms with Gasteiger partial charge >= 0.3 is 5.97 Å². The molecule has 1 aromatic rings. The van der Waals surface area contributed by atoms with Gasteiger partial charge in [0.1, 0.15) is 0 Å². The quantitative estimate of drug-likeness (QED) is 0.716. The summed E-state index contributed by atoms with van der Waals surface area (Å²) >= 11 is 0. The first-order valence-corrected chi connectivity index (χ1v) is 10.4. The van der Waals surface area contributed by atoms with Gasteiger partial charge in [-0.3, -0.25) is 4.79 Å². The van der Waals surface area contributed by atoms with Crippen molar-refractivity contribution in [2.45, 2.75) is 42.4 Å². The lowest BCUT2D eigenvalue weighted by Gasteiger charge is -2.22. The van der Waals surface area contributed by atoms with Crippen molar-refractivity contribution in [3.63, 3.8) is 0 Å². The molecule has 1 saturated heterocycles. The predicted octanol–water partition coefficient (Wildman–Crippen LogP) is 1.56. The third-order valence-corrected chi connectivity index (χ3v) is 6.76. The van der Waals surface area contributed by atoms with E-state index in [0.717, 1.165) is 50.8 Å². The first-order valence-electron chi connectivity index (χ1n) is 8.87. The molecule has 6 nitrogen and oxygen atoms in total. The average Bonchev–Trinajstić information content (AvgIpc) is 3.44. The Morgan fingerprint density at radius 2 is 2.04 bits per heavy atom. The lowest BCUT2D eigenvalue weighted by atomic mass is 9.96. The van der Waals surface area contributed by atoms with Crippen LogP contribution in [0, 0.1) is 5.92 Å². The van der Waals surface area contributed by atoms with E-state index in [1.807, 2.05) is 0 Å². The molecule has 1 saturated carbocycles. The van der Waals surface area contributed by atoms with Crippen molar-refractivity contribution in [3.05, 3.63) is 29.8 Å². The molecule has 25 heavy (non-hydrogen) atoms. The highest BCUT2D eigenvalue weighted by molar-refractivity contribution is 7.89. The molecule has 7 heteroatoms. The van der Waals surface area contributed by atoms with Crippen LogP contribution < -0.4 is 10.0 Å². The maximum absolute atomic E-state index is 12.4. The van der Waals surface area contributed by atoms with Gasteiger partial charge in [0.15, 0.2) is 0 Å². The number of sulfonamides is 1. The summed E-state index contributed by atoms with van der Waals surface area (Å²) in [5.41, 5.74) is 0.255. The summed E-state index contributed by atoms with van der Waals surface area (Å²) < 4.78 is 32.4. The van der Waals surface area contributed by atoms with E-state index >= 15 is 0 Å². The topological polar surface area (TPSA) is 84.5 Å². The number of ether oxygens (including phenoxy) is 1. The van der Waals surface area contributed by atoms with Gasteiger partial charge in [0, 0.05) is 6.54 Å². The van der Waals surface area contributed by atoms with Gasteiger partial charge in [-0.05, 0) is 68.8 Å². The SMILES string of the molecule is COC(=O)C1(c2ccc(S(=O)(=O)NCCC3CCCNC3)cc2)CC1. The summed E-state index contributed by atoms with van der Waals surface area (Å²) in [6, 6.07) is 6.60. The van der Waals surface area contributed by atoms with Gasteiger partial charge < -0.3 is 10.1 Å². The average molecular weight is 366 g/mol. The minimum Gasteiger partial charge on any atom is -0.468 e. The normalized spacial score (nSPS) is 22.4. The van der Waals surface area contributed by atoms with E-state index in [0.29, 0.717) is 12.5 Å². The fourth-order valence-electron chi connectivity index (χ4n) is 3.54. The molecule has 2 aliphatic rings. The van der Waals surface area contributed by atoms with Gasteiger partial charge in [-0.15, -0.1) is 0 Å². The number of esters is 1. The zero-order chi connectivity index (χ0) is 17.9. The standard InChI is InChI=1S/C18H26N2O4S/c1-24-17(21)18(9-10-18)15-4-6-16(7-5-15)25(22,23)20-12-8-14-3-2-11-19-13-14/h4-7,14,19-20H,2-3,8-13H2,1H3. The summed E-state index contributed by atoms with van der Waals surface area (Å²) in [5, 5.41) is 3.34. The minimum atomic E-state index is -3.52. The summed E-state index contributed by atoms with van der Waals surface area (Å²) in [5.74, 6) is 0.288. The van der Waals surface area contributed by atoms with Crippen LogP contribution in [0.5, 0.6) is 0 Å². The van der Waals surface area contributed by atoms with Gasteiger partial charge in [0.05, 0.1) is 17.4 Å². The number of hydrogen-bond donors (Lipinski definition) is 2. The maximum Gasteiger partial charge on any atom is 0.316 e. The first kappa shape index (κ1) is 18.4. The van der Waals surface area contributed by atoms with Crippen LogP contribution in [0.4, 0.5) is 0 Å². The van der Waals surface area contributed by atoms with E-state index in [1.165, 1.54) is 7.11 Å². The Labute approximate surface area is 149 Å². The molecule has 1 aromatic carbocycles. The van der Waals surface area contributed by atoms with Crippen LogP contribution >= 0.6 is 0 Å². The van der Waals surface area contributed by atoms with Crippen LogP contribution in [-0.2, 0) is 25.0 Å². The Morgan fingerprint density at radius 1 is 1.32 bits per heavy atom. The molecule has 0 bridgehead atoms.